The molecular formula is C12H16ClFN2. The summed E-state index contributed by atoms with van der Waals surface area (Å²) >= 11 is 6.00. The molecule has 0 N–H and O–H groups in total. The van der Waals surface area contributed by atoms with Crippen molar-refractivity contribution < 1.29 is 4.39 Å². The highest BCUT2D eigenvalue weighted by Gasteiger charge is 2.14. The van der Waals surface area contributed by atoms with Crippen LogP contribution in [0.5, 0.6) is 0 Å². The summed E-state index contributed by atoms with van der Waals surface area (Å²) in [6, 6.07) is 4.63. The zero-order valence-electron chi connectivity index (χ0n) is 9.42. The van der Waals surface area contributed by atoms with Gasteiger partial charge in [0.15, 0.2) is 0 Å². The van der Waals surface area contributed by atoms with Crippen molar-refractivity contribution in [3.8, 4) is 0 Å². The average Bonchev–Trinajstić information content (AvgIpc) is 2.25. The molecule has 0 aromatic heterocycles. The highest BCUT2D eigenvalue weighted by atomic mass is 35.5. The van der Waals surface area contributed by atoms with E-state index in [2.05, 4.69) is 16.8 Å². The van der Waals surface area contributed by atoms with E-state index in [1.807, 2.05) is 0 Å². The Morgan fingerprint density at radius 1 is 1.25 bits per heavy atom. The van der Waals surface area contributed by atoms with Gasteiger partial charge >= 0.3 is 0 Å². The highest BCUT2D eigenvalue weighted by Crippen LogP contribution is 2.19. The molecular weight excluding hydrogens is 227 g/mol. The van der Waals surface area contributed by atoms with E-state index >= 15 is 0 Å². The topological polar surface area (TPSA) is 6.48 Å². The monoisotopic (exact) mass is 242 g/mol. The lowest BCUT2D eigenvalue weighted by molar-refractivity contribution is 0.148. The summed E-state index contributed by atoms with van der Waals surface area (Å²) in [5, 5.41) is 0.527. The summed E-state index contributed by atoms with van der Waals surface area (Å²) in [5.41, 5.74) is 1.01. The van der Waals surface area contributed by atoms with Crippen LogP contribution in [0.1, 0.15) is 5.56 Å². The van der Waals surface area contributed by atoms with Gasteiger partial charge in [0.25, 0.3) is 0 Å². The van der Waals surface area contributed by atoms with Gasteiger partial charge in [0, 0.05) is 37.7 Å². The Balaban J connectivity index is 1.98. The van der Waals surface area contributed by atoms with Crippen LogP contribution in [-0.2, 0) is 6.54 Å². The van der Waals surface area contributed by atoms with Gasteiger partial charge in [-0.3, -0.25) is 4.90 Å². The first-order valence-electron chi connectivity index (χ1n) is 5.50. The third kappa shape index (κ3) is 2.94. The van der Waals surface area contributed by atoms with Crippen molar-refractivity contribution in [2.75, 3.05) is 33.2 Å². The van der Waals surface area contributed by atoms with E-state index in [-0.39, 0.29) is 5.82 Å². The molecule has 1 fully saturated rings. The van der Waals surface area contributed by atoms with Crippen LogP contribution in [0.3, 0.4) is 0 Å². The van der Waals surface area contributed by atoms with Crippen LogP contribution >= 0.6 is 11.6 Å². The maximum absolute atomic E-state index is 12.9. The Kier molecular flexibility index (Phi) is 3.79. The molecule has 0 bridgehead atoms. The molecule has 0 aliphatic carbocycles. The minimum absolute atomic E-state index is 0.271. The van der Waals surface area contributed by atoms with E-state index < -0.39 is 0 Å². The zero-order valence-corrected chi connectivity index (χ0v) is 10.2. The zero-order chi connectivity index (χ0) is 11.5. The summed E-state index contributed by atoms with van der Waals surface area (Å²) < 4.78 is 12.9. The van der Waals surface area contributed by atoms with E-state index in [1.54, 1.807) is 6.07 Å². The molecule has 0 spiro atoms. The Morgan fingerprint density at radius 2 is 1.94 bits per heavy atom. The standard InChI is InChI=1S/C12H16ClFN2/c1-15-4-6-16(7-5-15)9-10-2-3-11(14)8-12(10)13/h2-3,8H,4-7,9H2,1H3. The number of benzene rings is 1. The fourth-order valence-corrected chi connectivity index (χ4v) is 2.12. The second-order valence-corrected chi connectivity index (χ2v) is 4.72. The van der Waals surface area contributed by atoms with Gasteiger partial charge in [-0.2, -0.15) is 0 Å². The van der Waals surface area contributed by atoms with Crippen molar-refractivity contribution >= 4 is 11.6 Å². The molecule has 2 rings (SSSR count). The molecule has 1 aliphatic heterocycles. The SMILES string of the molecule is CN1CCN(Cc2ccc(F)cc2Cl)CC1. The Morgan fingerprint density at radius 3 is 2.56 bits per heavy atom. The van der Waals surface area contributed by atoms with Gasteiger partial charge in [0.1, 0.15) is 5.82 Å². The molecule has 0 radical (unpaired) electrons. The number of halogens is 2. The van der Waals surface area contributed by atoms with Crippen molar-refractivity contribution in [2.45, 2.75) is 6.54 Å². The summed E-state index contributed by atoms with van der Waals surface area (Å²) in [5.74, 6) is -0.271. The first kappa shape index (κ1) is 11.8. The van der Waals surface area contributed by atoms with Crippen molar-refractivity contribution in [1.82, 2.24) is 9.80 Å². The molecule has 1 aromatic carbocycles. The third-order valence-electron chi connectivity index (χ3n) is 3.00. The fourth-order valence-electron chi connectivity index (χ4n) is 1.90. The molecule has 0 atom stereocenters. The molecule has 4 heteroatoms. The lowest BCUT2D eigenvalue weighted by atomic mass is 10.2. The minimum atomic E-state index is -0.271. The van der Waals surface area contributed by atoms with Crippen LogP contribution in [0.4, 0.5) is 4.39 Å². The quantitative estimate of drug-likeness (QED) is 0.785. The van der Waals surface area contributed by atoms with E-state index in [1.165, 1.54) is 12.1 Å². The fraction of sp³-hybridized carbons (Fsp3) is 0.500. The predicted octanol–water partition coefficient (Wildman–Crippen LogP) is 2.23. The Bertz CT molecular complexity index is 362. The van der Waals surface area contributed by atoms with E-state index in [0.717, 1.165) is 38.3 Å². The van der Waals surface area contributed by atoms with E-state index in [0.29, 0.717) is 5.02 Å². The number of rotatable bonds is 2. The van der Waals surface area contributed by atoms with Gasteiger partial charge in [0.05, 0.1) is 0 Å². The third-order valence-corrected chi connectivity index (χ3v) is 3.36. The number of hydrogen-bond acceptors (Lipinski definition) is 2. The molecule has 1 saturated heterocycles. The van der Waals surface area contributed by atoms with Crippen LogP contribution < -0.4 is 0 Å². The van der Waals surface area contributed by atoms with Gasteiger partial charge in [-0.1, -0.05) is 17.7 Å². The number of nitrogens with zero attached hydrogens (tertiary/aromatic N) is 2. The average molecular weight is 243 g/mol. The summed E-state index contributed by atoms with van der Waals surface area (Å²) in [6.45, 7) is 5.07. The van der Waals surface area contributed by atoms with Gasteiger partial charge in [-0.05, 0) is 24.7 Å². The van der Waals surface area contributed by atoms with Crippen molar-refractivity contribution in [2.24, 2.45) is 0 Å². The molecule has 0 unspecified atom stereocenters. The minimum Gasteiger partial charge on any atom is -0.304 e. The molecule has 0 saturated carbocycles. The van der Waals surface area contributed by atoms with Crippen molar-refractivity contribution in [1.29, 1.82) is 0 Å². The number of hydrogen-bond donors (Lipinski definition) is 0. The molecule has 88 valence electrons. The van der Waals surface area contributed by atoms with Crippen LogP contribution in [0.15, 0.2) is 18.2 Å². The van der Waals surface area contributed by atoms with Crippen molar-refractivity contribution in [3.63, 3.8) is 0 Å². The van der Waals surface area contributed by atoms with Crippen LogP contribution in [-0.4, -0.2) is 43.0 Å². The van der Waals surface area contributed by atoms with Gasteiger partial charge in [-0.25, -0.2) is 4.39 Å². The van der Waals surface area contributed by atoms with Gasteiger partial charge < -0.3 is 4.90 Å². The Hall–Kier alpha value is -0.640. The molecule has 0 amide bonds. The highest BCUT2D eigenvalue weighted by molar-refractivity contribution is 6.31. The number of likely N-dealkylation sites (N-methyl/N-ethyl adjacent to an activating group) is 1. The molecule has 1 aliphatic rings. The van der Waals surface area contributed by atoms with Crippen LogP contribution in [0, 0.1) is 5.82 Å². The molecule has 16 heavy (non-hydrogen) atoms. The van der Waals surface area contributed by atoms with Gasteiger partial charge in [-0.15, -0.1) is 0 Å². The second-order valence-electron chi connectivity index (χ2n) is 4.32. The second kappa shape index (κ2) is 5.13. The van der Waals surface area contributed by atoms with Crippen LogP contribution in [0.25, 0.3) is 0 Å². The normalized spacial score (nSPS) is 18.9. The number of piperazine rings is 1. The summed E-state index contributed by atoms with van der Waals surface area (Å²) in [4.78, 5) is 4.65. The first-order chi connectivity index (χ1) is 7.65. The summed E-state index contributed by atoms with van der Waals surface area (Å²) in [7, 11) is 2.13. The lowest BCUT2D eigenvalue weighted by Crippen LogP contribution is -2.43. The van der Waals surface area contributed by atoms with Crippen LogP contribution in [0.2, 0.25) is 5.02 Å². The largest absolute Gasteiger partial charge is 0.304 e. The molecule has 1 aromatic rings. The van der Waals surface area contributed by atoms with Crippen molar-refractivity contribution in [3.05, 3.63) is 34.6 Å². The van der Waals surface area contributed by atoms with E-state index in [9.17, 15) is 4.39 Å². The van der Waals surface area contributed by atoms with E-state index in [4.69, 9.17) is 11.6 Å². The summed E-state index contributed by atoms with van der Waals surface area (Å²) in [6.07, 6.45) is 0. The molecule has 1 heterocycles. The maximum Gasteiger partial charge on any atom is 0.124 e. The lowest BCUT2D eigenvalue weighted by Gasteiger charge is -2.32. The molecule has 2 nitrogen and oxygen atoms in total. The predicted molar refractivity (Wildman–Crippen MR) is 64.2 cm³/mol. The maximum atomic E-state index is 12.9. The first-order valence-corrected chi connectivity index (χ1v) is 5.88. The smallest absolute Gasteiger partial charge is 0.124 e. The Labute approximate surface area is 101 Å². The van der Waals surface area contributed by atoms with Gasteiger partial charge in [0.2, 0.25) is 0 Å².